The van der Waals surface area contributed by atoms with Crippen LogP contribution in [0, 0.1) is 0 Å². The van der Waals surface area contributed by atoms with Crippen LogP contribution in [0.25, 0.3) is 0 Å². The lowest BCUT2D eigenvalue weighted by Gasteiger charge is -2.34. The van der Waals surface area contributed by atoms with Gasteiger partial charge in [0.2, 0.25) is 5.91 Å². The molecule has 0 aromatic heterocycles. The molecule has 1 saturated heterocycles. The third-order valence-electron chi connectivity index (χ3n) is 2.42. The SMILES string of the molecule is COCC(=O)N1CCCCC1C(N)=S. The molecule has 0 saturated carbocycles. The number of nitrogens with zero attached hydrogens (tertiary/aromatic N) is 1. The van der Waals surface area contributed by atoms with Crippen molar-refractivity contribution in [3.05, 3.63) is 0 Å². The number of nitrogens with two attached hydrogens (primary N) is 1. The number of methoxy groups -OCH3 is 1. The van der Waals surface area contributed by atoms with Crippen LogP contribution in [0.5, 0.6) is 0 Å². The molecule has 0 aromatic carbocycles. The van der Waals surface area contributed by atoms with Crippen LogP contribution in [0.1, 0.15) is 19.3 Å². The van der Waals surface area contributed by atoms with Gasteiger partial charge in [0.1, 0.15) is 6.61 Å². The Hall–Kier alpha value is -0.680. The third kappa shape index (κ3) is 2.65. The van der Waals surface area contributed by atoms with Crippen molar-refractivity contribution in [3.63, 3.8) is 0 Å². The minimum absolute atomic E-state index is 0.0231. The first-order valence-electron chi connectivity index (χ1n) is 4.74. The van der Waals surface area contributed by atoms with Crippen molar-refractivity contribution in [2.24, 2.45) is 5.73 Å². The molecule has 1 aliphatic heterocycles. The number of likely N-dealkylation sites (tertiary alicyclic amines) is 1. The summed E-state index contributed by atoms with van der Waals surface area (Å²) >= 11 is 4.94. The predicted molar refractivity (Wildman–Crippen MR) is 58.0 cm³/mol. The Morgan fingerprint density at radius 1 is 1.64 bits per heavy atom. The van der Waals surface area contributed by atoms with Gasteiger partial charge >= 0.3 is 0 Å². The quantitative estimate of drug-likeness (QED) is 0.689. The normalized spacial score (nSPS) is 22.1. The molecule has 0 aliphatic carbocycles. The van der Waals surface area contributed by atoms with Crippen molar-refractivity contribution in [2.75, 3.05) is 20.3 Å². The molecule has 2 N–H and O–H groups in total. The van der Waals surface area contributed by atoms with Gasteiger partial charge in [-0.1, -0.05) is 12.2 Å². The molecule has 1 heterocycles. The molecular formula is C9H16N2O2S. The van der Waals surface area contributed by atoms with Crippen molar-refractivity contribution in [2.45, 2.75) is 25.3 Å². The van der Waals surface area contributed by atoms with E-state index in [0.717, 1.165) is 25.8 Å². The maximum Gasteiger partial charge on any atom is 0.249 e. The zero-order chi connectivity index (χ0) is 10.6. The van der Waals surface area contributed by atoms with Gasteiger partial charge in [-0.25, -0.2) is 0 Å². The number of carbonyl (C=O) groups is 1. The molecule has 1 atom stereocenters. The maximum absolute atomic E-state index is 11.6. The number of carbonyl (C=O) groups excluding carboxylic acids is 1. The standard InChI is InChI=1S/C9H16N2O2S/c1-13-6-8(12)11-5-3-2-4-7(11)9(10)14/h7H,2-6H2,1H3,(H2,10,14). The van der Waals surface area contributed by atoms with E-state index in [1.807, 2.05) is 0 Å². The van der Waals surface area contributed by atoms with E-state index >= 15 is 0 Å². The highest BCUT2D eigenvalue weighted by Gasteiger charge is 2.27. The van der Waals surface area contributed by atoms with Gasteiger partial charge in [0, 0.05) is 13.7 Å². The highest BCUT2D eigenvalue weighted by atomic mass is 32.1. The molecule has 1 amide bonds. The number of hydrogen-bond acceptors (Lipinski definition) is 3. The Balaban J connectivity index is 2.62. The molecule has 4 nitrogen and oxygen atoms in total. The molecular weight excluding hydrogens is 200 g/mol. The van der Waals surface area contributed by atoms with Crippen LogP contribution >= 0.6 is 12.2 Å². The van der Waals surface area contributed by atoms with E-state index in [2.05, 4.69) is 0 Å². The molecule has 1 unspecified atom stereocenters. The maximum atomic E-state index is 11.6. The lowest BCUT2D eigenvalue weighted by Crippen LogP contribution is -2.50. The van der Waals surface area contributed by atoms with E-state index in [1.54, 1.807) is 4.90 Å². The number of piperidine rings is 1. The highest BCUT2D eigenvalue weighted by Crippen LogP contribution is 2.17. The first-order valence-corrected chi connectivity index (χ1v) is 5.15. The number of thiocarbonyl (C=S) groups is 1. The van der Waals surface area contributed by atoms with Crippen LogP contribution in [0.4, 0.5) is 0 Å². The lowest BCUT2D eigenvalue weighted by atomic mass is 10.0. The zero-order valence-electron chi connectivity index (χ0n) is 8.36. The fourth-order valence-corrected chi connectivity index (χ4v) is 1.98. The third-order valence-corrected chi connectivity index (χ3v) is 2.69. The van der Waals surface area contributed by atoms with Crippen molar-refractivity contribution >= 4 is 23.1 Å². The fraction of sp³-hybridized carbons (Fsp3) is 0.778. The molecule has 1 rings (SSSR count). The minimum Gasteiger partial charge on any atom is -0.392 e. The van der Waals surface area contributed by atoms with Crippen LogP contribution in [0.15, 0.2) is 0 Å². The van der Waals surface area contributed by atoms with E-state index < -0.39 is 0 Å². The summed E-state index contributed by atoms with van der Waals surface area (Å²) in [7, 11) is 1.51. The summed E-state index contributed by atoms with van der Waals surface area (Å²) in [4.78, 5) is 13.7. The second-order valence-corrected chi connectivity index (χ2v) is 3.91. The van der Waals surface area contributed by atoms with Gasteiger partial charge in [0.25, 0.3) is 0 Å². The molecule has 14 heavy (non-hydrogen) atoms. The summed E-state index contributed by atoms with van der Waals surface area (Å²) in [6.45, 7) is 0.851. The van der Waals surface area contributed by atoms with E-state index in [9.17, 15) is 4.79 Å². The largest absolute Gasteiger partial charge is 0.392 e. The van der Waals surface area contributed by atoms with Crippen LogP contribution in [0.3, 0.4) is 0 Å². The van der Waals surface area contributed by atoms with E-state index in [0.29, 0.717) is 4.99 Å². The number of rotatable bonds is 3. The van der Waals surface area contributed by atoms with Crippen LogP contribution in [-0.2, 0) is 9.53 Å². The molecule has 0 aromatic rings. The fourth-order valence-electron chi connectivity index (χ4n) is 1.73. The monoisotopic (exact) mass is 216 g/mol. The molecule has 0 radical (unpaired) electrons. The van der Waals surface area contributed by atoms with Gasteiger partial charge in [-0.2, -0.15) is 0 Å². The summed E-state index contributed by atoms with van der Waals surface area (Å²) in [5.74, 6) is -0.0231. The van der Waals surface area contributed by atoms with Gasteiger partial charge in [0.05, 0.1) is 11.0 Å². The lowest BCUT2D eigenvalue weighted by molar-refractivity contribution is -0.137. The Labute approximate surface area is 89.4 Å². The van der Waals surface area contributed by atoms with Crippen LogP contribution < -0.4 is 5.73 Å². The van der Waals surface area contributed by atoms with Gasteiger partial charge in [-0.15, -0.1) is 0 Å². The number of amides is 1. The Morgan fingerprint density at radius 2 is 2.36 bits per heavy atom. The van der Waals surface area contributed by atoms with Crippen molar-refractivity contribution in [1.29, 1.82) is 0 Å². The molecule has 80 valence electrons. The number of hydrogen-bond donors (Lipinski definition) is 1. The Bertz CT molecular complexity index is 233. The first kappa shape index (κ1) is 11.4. The van der Waals surface area contributed by atoms with Crippen LogP contribution in [0.2, 0.25) is 0 Å². The smallest absolute Gasteiger partial charge is 0.249 e. The molecule has 5 heteroatoms. The van der Waals surface area contributed by atoms with E-state index in [4.69, 9.17) is 22.7 Å². The van der Waals surface area contributed by atoms with Gasteiger partial charge in [-0.05, 0) is 19.3 Å². The first-order chi connectivity index (χ1) is 6.66. The van der Waals surface area contributed by atoms with E-state index in [1.165, 1.54) is 7.11 Å². The average molecular weight is 216 g/mol. The molecule has 1 aliphatic rings. The van der Waals surface area contributed by atoms with Gasteiger partial charge in [-0.3, -0.25) is 4.79 Å². The summed E-state index contributed by atoms with van der Waals surface area (Å²) in [6.07, 6.45) is 2.98. The van der Waals surface area contributed by atoms with Crippen LogP contribution in [-0.4, -0.2) is 42.1 Å². The minimum atomic E-state index is -0.0681. The zero-order valence-corrected chi connectivity index (χ0v) is 9.18. The highest BCUT2D eigenvalue weighted by molar-refractivity contribution is 7.80. The second kappa shape index (κ2) is 5.26. The summed E-state index contributed by atoms with van der Waals surface area (Å²) in [5, 5.41) is 0. The van der Waals surface area contributed by atoms with Gasteiger partial charge in [0.15, 0.2) is 0 Å². The Kier molecular flexibility index (Phi) is 4.28. The van der Waals surface area contributed by atoms with Crippen molar-refractivity contribution < 1.29 is 9.53 Å². The molecule has 1 fully saturated rings. The number of ether oxygens (including phenoxy) is 1. The summed E-state index contributed by atoms with van der Waals surface area (Å²) in [5.41, 5.74) is 5.59. The summed E-state index contributed by atoms with van der Waals surface area (Å²) < 4.78 is 4.81. The van der Waals surface area contributed by atoms with Crippen molar-refractivity contribution in [3.8, 4) is 0 Å². The summed E-state index contributed by atoms with van der Waals surface area (Å²) in [6, 6.07) is -0.0681. The average Bonchev–Trinajstić information content (AvgIpc) is 2.18. The van der Waals surface area contributed by atoms with Gasteiger partial charge < -0.3 is 15.4 Å². The topological polar surface area (TPSA) is 55.6 Å². The Morgan fingerprint density at radius 3 is 2.93 bits per heavy atom. The predicted octanol–water partition coefficient (Wildman–Crippen LogP) is 0.300. The molecule has 0 bridgehead atoms. The van der Waals surface area contributed by atoms with Crippen molar-refractivity contribution in [1.82, 2.24) is 4.90 Å². The second-order valence-electron chi connectivity index (χ2n) is 3.43. The molecule has 0 spiro atoms. The van der Waals surface area contributed by atoms with E-state index in [-0.39, 0.29) is 18.6 Å².